The highest BCUT2D eigenvalue weighted by Crippen LogP contribution is 1.96. The lowest BCUT2D eigenvalue weighted by atomic mass is 10.7. The molecule has 0 saturated carbocycles. The van der Waals surface area contributed by atoms with Crippen LogP contribution >= 0.6 is 0 Å². The van der Waals surface area contributed by atoms with Gasteiger partial charge in [-0.25, -0.2) is 0 Å². The first-order chi connectivity index (χ1) is 3.48. The first kappa shape index (κ1) is 7.43. The molecule has 0 atom stereocenters. The Bertz CT molecular complexity index is 218. The molecule has 0 radical (unpaired) electrons. The van der Waals surface area contributed by atoms with Crippen molar-refractivity contribution in [1.29, 1.82) is 0 Å². The van der Waals surface area contributed by atoms with Gasteiger partial charge in [-0.2, -0.15) is 8.42 Å². The summed E-state index contributed by atoms with van der Waals surface area (Å²) in [6.45, 7) is 4.24. The standard InChI is InChI=1S/C4H6O3S/c1-3-4(2)8(5,6)7/h1H2,2H3,(H,5,6,7). The van der Waals surface area contributed by atoms with E-state index in [1.807, 2.05) is 5.73 Å². The van der Waals surface area contributed by atoms with E-state index in [0.29, 0.717) is 0 Å². The summed E-state index contributed by atoms with van der Waals surface area (Å²) in [6, 6.07) is 0. The normalized spacial score (nSPS) is 10.2. The third-order valence-corrected chi connectivity index (χ3v) is 1.55. The average molecular weight is 134 g/mol. The van der Waals surface area contributed by atoms with Gasteiger partial charge in [0.15, 0.2) is 0 Å². The quantitative estimate of drug-likeness (QED) is 0.421. The maximum atomic E-state index is 9.98. The van der Waals surface area contributed by atoms with Crippen LogP contribution in [0.3, 0.4) is 0 Å². The molecule has 0 spiro atoms. The average Bonchev–Trinajstić information content (AvgIpc) is 1.62. The SMILES string of the molecule is C=C=C(C)S(=O)(=O)O. The smallest absolute Gasteiger partial charge is 0.282 e. The molecule has 0 unspecified atom stereocenters. The van der Waals surface area contributed by atoms with Crippen LogP contribution in [-0.4, -0.2) is 13.0 Å². The topological polar surface area (TPSA) is 54.4 Å². The van der Waals surface area contributed by atoms with E-state index in [9.17, 15) is 8.42 Å². The van der Waals surface area contributed by atoms with Crippen molar-refractivity contribution >= 4 is 10.1 Å². The second-order valence-corrected chi connectivity index (χ2v) is 2.77. The molecule has 0 aliphatic heterocycles. The second-order valence-electron chi connectivity index (χ2n) is 1.21. The minimum absolute atomic E-state index is 0.252. The molecule has 46 valence electrons. The highest BCUT2D eigenvalue weighted by Gasteiger charge is 2.03. The van der Waals surface area contributed by atoms with Crippen molar-refractivity contribution in [1.82, 2.24) is 0 Å². The summed E-state index contributed by atoms with van der Waals surface area (Å²) in [4.78, 5) is -0.252. The Kier molecular flexibility index (Phi) is 1.98. The van der Waals surface area contributed by atoms with Gasteiger partial charge in [-0.15, -0.1) is 5.73 Å². The van der Waals surface area contributed by atoms with Crippen molar-refractivity contribution in [2.24, 2.45) is 0 Å². The highest BCUT2D eigenvalue weighted by atomic mass is 32.2. The fraction of sp³-hybridized carbons (Fsp3) is 0.250. The molecular formula is C4H6O3S. The van der Waals surface area contributed by atoms with Gasteiger partial charge in [0.25, 0.3) is 10.1 Å². The Morgan fingerprint density at radius 1 is 1.75 bits per heavy atom. The zero-order chi connectivity index (χ0) is 6.78. The van der Waals surface area contributed by atoms with Gasteiger partial charge in [-0.1, -0.05) is 6.58 Å². The van der Waals surface area contributed by atoms with Gasteiger partial charge < -0.3 is 0 Å². The predicted molar refractivity (Wildman–Crippen MR) is 29.9 cm³/mol. The van der Waals surface area contributed by atoms with Crippen LogP contribution in [-0.2, 0) is 10.1 Å². The third kappa shape index (κ3) is 1.93. The molecule has 0 aromatic carbocycles. The van der Waals surface area contributed by atoms with Crippen LogP contribution in [0.15, 0.2) is 17.2 Å². The Morgan fingerprint density at radius 3 is 2.12 bits per heavy atom. The van der Waals surface area contributed by atoms with E-state index < -0.39 is 10.1 Å². The van der Waals surface area contributed by atoms with Gasteiger partial charge in [0, 0.05) is 0 Å². The van der Waals surface area contributed by atoms with Gasteiger partial charge in [-0.05, 0) is 6.92 Å². The molecule has 0 aliphatic rings. The molecule has 0 aliphatic carbocycles. The van der Waals surface area contributed by atoms with Crippen LogP contribution in [0, 0.1) is 0 Å². The minimum atomic E-state index is -4.01. The molecule has 0 aromatic rings. The van der Waals surface area contributed by atoms with Crippen molar-refractivity contribution < 1.29 is 13.0 Å². The summed E-state index contributed by atoms with van der Waals surface area (Å²) in [6.07, 6.45) is 0. The van der Waals surface area contributed by atoms with Crippen molar-refractivity contribution in [3.63, 3.8) is 0 Å². The Labute approximate surface area is 48.1 Å². The zero-order valence-electron chi connectivity index (χ0n) is 4.38. The van der Waals surface area contributed by atoms with E-state index in [1.165, 1.54) is 6.92 Å². The van der Waals surface area contributed by atoms with E-state index in [0.717, 1.165) is 0 Å². The third-order valence-electron chi connectivity index (χ3n) is 0.636. The van der Waals surface area contributed by atoms with Crippen LogP contribution < -0.4 is 0 Å². The minimum Gasteiger partial charge on any atom is -0.282 e. The lowest BCUT2D eigenvalue weighted by molar-refractivity contribution is 0.491. The van der Waals surface area contributed by atoms with Crippen LogP contribution in [0.1, 0.15) is 6.92 Å². The van der Waals surface area contributed by atoms with Crippen molar-refractivity contribution in [2.75, 3.05) is 0 Å². The number of hydrogen-bond acceptors (Lipinski definition) is 2. The van der Waals surface area contributed by atoms with Gasteiger partial charge in [-0.3, -0.25) is 4.55 Å². The Balaban J connectivity index is 4.83. The fourth-order valence-corrected chi connectivity index (χ4v) is 0.274. The second kappa shape index (κ2) is 2.13. The summed E-state index contributed by atoms with van der Waals surface area (Å²) in [5, 5.41) is 0. The molecule has 0 rings (SSSR count). The van der Waals surface area contributed by atoms with E-state index >= 15 is 0 Å². The van der Waals surface area contributed by atoms with Gasteiger partial charge in [0.1, 0.15) is 4.91 Å². The summed E-state index contributed by atoms with van der Waals surface area (Å²) >= 11 is 0. The maximum Gasteiger partial charge on any atom is 0.297 e. The van der Waals surface area contributed by atoms with E-state index in [-0.39, 0.29) is 4.91 Å². The van der Waals surface area contributed by atoms with E-state index in [4.69, 9.17) is 4.55 Å². The van der Waals surface area contributed by atoms with Crippen molar-refractivity contribution in [2.45, 2.75) is 6.92 Å². The molecule has 0 heterocycles. The van der Waals surface area contributed by atoms with Gasteiger partial charge in [0.05, 0.1) is 0 Å². The van der Waals surface area contributed by atoms with Crippen molar-refractivity contribution in [3.05, 3.63) is 17.2 Å². The number of allylic oxidation sites excluding steroid dienone is 1. The molecule has 0 saturated heterocycles. The summed E-state index contributed by atoms with van der Waals surface area (Å²) < 4.78 is 28.1. The summed E-state index contributed by atoms with van der Waals surface area (Å²) in [7, 11) is -4.01. The first-order valence-electron chi connectivity index (χ1n) is 1.82. The zero-order valence-corrected chi connectivity index (χ0v) is 5.20. The lowest BCUT2D eigenvalue weighted by Gasteiger charge is -1.86. The fourth-order valence-electron chi connectivity index (χ4n) is 0.0912. The number of rotatable bonds is 1. The monoisotopic (exact) mass is 134 g/mol. The van der Waals surface area contributed by atoms with Crippen LogP contribution in [0.2, 0.25) is 0 Å². The van der Waals surface area contributed by atoms with Crippen molar-refractivity contribution in [3.8, 4) is 0 Å². The van der Waals surface area contributed by atoms with E-state index in [1.54, 1.807) is 0 Å². The predicted octanol–water partition coefficient (Wildman–Crippen LogP) is 0.563. The maximum absolute atomic E-state index is 9.98. The van der Waals surface area contributed by atoms with Crippen LogP contribution in [0.4, 0.5) is 0 Å². The molecule has 3 nitrogen and oxygen atoms in total. The van der Waals surface area contributed by atoms with Gasteiger partial charge in [0.2, 0.25) is 0 Å². The molecule has 0 bridgehead atoms. The lowest BCUT2D eigenvalue weighted by Crippen LogP contribution is -1.95. The Morgan fingerprint density at radius 2 is 2.12 bits per heavy atom. The molecule has 1 N–H and O–H groups in total. The van der Waals surface area contributed by atoms with Crippen LogP contribution in [0.5, 0.6) is 0 Å². The number of hydrogen-bond donors (Lipinski definition) is 1. The Hall–Kier alpha value is -0.570. The molecule has 8 heavy (non-hydrogen) atoms. The molecule has 0 aromatic heterocycles. The first-order valence-corrected chi connectivity index (χ1v) is 3.26. The largest absolute Gasteiger partial charge is 0.297 e. The molecule has 0 amide bonds. The molecule has 4 heteroatoms. The summed E-state index contributed by atoms with van der Waals surface area (Å²) in [5.41, 5.74) is 2.03. The van der Waals surface area contributed by atoms with Crippen LogP contribution in [0.25, 0.3) is 0 Å². The molecule has 0 fully saturated rings. The van der Waals surface area contributed by atoms with Gasteiger partial charge >= 0.3 is 0 Å². The molecular weight excluding hydrogens is 128 g/mol. The summed E-state index contributed by atoms with van der Waals surface area (Å²) in [5.74, 6) is 0. The highest BCUT2D eigenvalue weighted by molar-refractivity contribution is 7.89. The van der Waals surface area contributed by atoms with E-state index in [2.05, 4.69) is 6.58 Å².